The molecule has 0 atom stereocenters. The fraction of sp³-hybridized carbons (Fsp3) is 0.190. The third-order valence-corrected chi connectivity index (χ3v) is 4.60. The van der Waals surface area contributed by atoms with Gasteiger partial charge in [0, 0.05) is 11.8 Å². The lowest BCUT2D eigenvalue weighted by Gasteiger charge is -2.14. The normalized spacial score (nSPS) is 11.3. The standard InChI is InChI=1S/C21H20ClFN4O2S/c1-4-29-20(26-21(30)25-19-15(22)6-5-7-16(19)23)14-8-9-17(18(10-14)28-3)27-11-13(2)24-12-27/h5-12H,4H2,1-3H3,(H,25,30)/b26-20-. The monoisotopic (exact) mass is 446 g/mol. The Kier molecular flexibility index (Phi) is 7.02. The van der Waals surface area contributed by atoms with Gasteiger partial charge in [0.15, 0.2) is 0 Å². The Labute approximate surface area is 184 Å². The van der Waals surface area contributed by atoms with Crippen LogP contribution in [-0.4, -0.2) is 34.3 Å². The molecular formula is C21H20ClFN4O2S. The van der Waals surface area contributed by atoms with Gasteiger partial charge in [-0.15, -0.1) is 0 Å². The van der Waals surface area contributed by atoms with Crippen LogP contribution in [0.15, 0.2) is 53.9 Å². The van der Waals surface area contributed by atoms with E-state index < -0.39 is 5.82 Å². The molecule has 3 aromatic rings. The first-order chi connectivity index (χ1) is 14.4. The fourth-order valence-electron chi connectivity index (χ4n) is 2.74. The van der Waals surface area contributed by atoms with E-state index in [-0.39, 0.29) is 21.7 Å². The van der Waals surface area contributed by atoms with E-state index in [4.69, 9.17) is 33.3 Å². The van der Waals surface area contributed by atoms with E-state index in [9.17, 15) is 4.39 Å². The van der Waals surface area contributed by atoms with Crippen molar-refractivity contribution in [1.29, 1.82) is 0 Å². The van der Waals surface area contributed by atoms with Crippen LogP contribution in [0.4, 0.5) is 10.1 Å². The number of nitrogens with zero attached hydrogens (tertiary/aromatic N) is 3. The lowest BCUT2D eigenvalue weighted by molar-refractivity contribution is 0.329. The number of imidazole rings is 1. The number of nitrogens with one attached hydrogen (secondary N) is 1. The minimum absolute atomic E-state index is 0.0127. The Bertz CT molecular complexity index is 1080. The van der Waals surface area contributed by atoms with Crippen molar-refractivity contribution in [3.8, 4) is 11.4 Å². The molecule has 156 valence electrons. The zero-order valence-electron chi connectivity index (χ0n) is 16.6. The molecule has 0 spiro atoms. The minimum Gasteiger partial charge on any atom is -0.495 e. The largest absolute Gasteiger partial charge is 0.495 e. The van der Waals surface area contributed by atoms with E-state index >= 15 is 0 Å². The van der Waals surface area contributed by atoms with Gasteiger partial charge < -0.3 is 19.4 Å². The molecule has 2 aromatic carbocycles. The van der Waals surface area contributed by atoms with Crippen LogP contribution in [0.2, 0.25) is 5.02 Å². The van der Waals surface area contributed by atoms with Gasteiger partial charge in [-0.05, 0) is 56.4 Å². The number of halogens is 2. The lowest BCUT2D eigenvalue weighted by Crippen LogP contribution is -2.15. The van der Waals surface area contributed by atoms with Crippen LogP contribution >= 0.6 is 23.8 Å². The van der Waals surface area contributed by atoms with E-state index in [2.05, 4.69) is 15.3 Å². The van der Waals surface area contributed by atoms with Crippen molar-refractivity contribution in [3.05, 3.63) is 71.0 Å². The number of rotatable bonds is 5. The van der Waals surface area contributed by atoms with Gasteiger partial charge in [-0.25, -0.2) is 9.37 Å². The number of aliphatic imine (C=N–C) groups is 1. The van der Waals surface area contributed by atoms with Crippen molar-refractivity contribution >= 4 is 40.5 Å². The Morgan fingerprint density at radius 1 is 1.33 bits per heavy atom. The van der Waals surface area contributed by atoms with Gasteiger partial charge in [-0.3, -0.25) is 0 Å². The van der Waals surface area contributed by atoms with Gasteiger partial charge in [-0.1, -0.05) is 17.7 Å². The van der Waals surface area contributed by atoms with Crippen LogP contribution < -0.4 is 10.1 Å². The molecule has 0 unspecified atom stereocenters. The Balaban J connectivity index is 1.92. The Morgan fingerprint density at radius 3 is 2.77 bits per heavy atom. The van der Waals surface area contributed by atoms with Crippen molar-refractivity contribution < 1.29 is 13.9 Å². The summed E-state index contributed by atoms with van der Waals surface area (Å²) in [5.41, 5.74) is 2.42. The lowest BCUT2D eigenvalue weighted by atomic mass is 10.2. The molecule has 0 amide bonds. The SMILES string of the molecule is CCO/C(=N\C(=S)Nc1c(F)cccc1Cl)c1ccc(-n2cnc(C)c2)c(OC)c1. The topological polar surface area (TPSA) is 60.7 Å². The molecule has 0 aliphatic carbocycles. The fourth-order valence-corrected chi connectivity index (χ4v) is 3.13. The Morgan fingerprint density at radius 2 is 2.13 bits per heavy atom. The molecule has 0 saturated carbocycles. The second-order valence-corrected chi connectivity index (χ2v) is 6.98. The predicted octanol–water partition coefficient (Wildman–Crippen LogP) is 5.16. The summed E-state index contributed by atoms with van der Waals surface area (Å²) in [6.45, 7) is 4.11. The van der Waals surface area contributed by atoms with E-state index in [0.29, 0.717) is 17.9 Å². The second kappa shape index (κ2) is 9.69. The van der Waals surface area contributed by atoms with Crippen LogP contribution in [0, 0.1) is 12.7 Å². The van der Waals surface area contributed by atoms with E-state index in [1.165, 1.54) is 12.1 Å². The molecule has 3 rings (SSSR count). The quantitative estimate of drug-likeness (QED) is 0.333. The van der Waals surface area contributed by atoms with Crippen LogP contribution in [0.3, 0.4) is 0 Å². The molecule has 0 saturated heterocycles. The molecule has 0 aliphatic rings. The maximum absolute atomic E-state index is 14.0. The summed E-state index contributed by atoms with van der Waals surface area (Å²) in [4.78, 5) is 8.55. The zero-order chi connectivity index (χ0) is 21.7. The summed E-state index contributed by atoms with van der Waals surface area (Å²) in [6.07, 6.45) is 3.61. The third kappa shape index (κ3) is 4.95. The number of thiocarbonyl (C=S) groups is 1. The van der Waals surface area contributed by atoms with Gasteiger partial charge >= 0.3 is 0 Å². The van der Waals surface area contributed by atoms with E-state index in [1.54, 1.807) is 25.6 Å². The highest BCUT2D eigenvalue weighted by Crippen LogP contribution is 2.26. The maximum atomic E-state index is 14.0. The minimum atomic E-state index is -0.528. The van der Waals surface area contributed by atoms with Crippen LogP contribution in [0.5, 0.6) is 5.75 Å². The number of ether oxygens (including phenoxy) is 2. The Hall–Kier alpha value is -2.97. The highest BCUT2D eigenvalue weighted by molar-refractivity contribution is 7.80. The second-order valence-electron chi connectivity index (χ2n) is 6.19. The number of hydrogen-bond donors (Lipinski definition) is 1. The first-order valence-electron chi connectivity index (χ1n) is 9.08. The highest BCUT2D eigenvalue weighted by atomic mass is 35.5. The summed E-state index contributed by atoms with van der Waals surface area (Å²) in [5, 5.41) is 2.93. The predicted molar refractivity (Wildman–Crippen MR) is 121 cm³/mol. The molecule has 1 aromatic heterocycles. The van der Waals surface area contributed by atoms with Crippen molar-refractivity contribution in [3.63, 3.8) is 0 Å². The number of para-hydroxylation sites is 1. The first kappa shape index (κ1) is 21.7. The van der Waals surface area contributed by atoms with E-state index in [0.717, 1.165) is 11.4 Å². The number of aromatic nitrogens is 2. The third-order valence-electron chi connectivity index (χ3n) is 4.10. The van der Waals surface area contributed by atoms with Crippen molar-refractivity contribution in [2.24, 2.45) is 4.99 Å². The molecule has 0 fully saturated rings. The van der Waals surface area contributed by atoms with Gasteiger partial charge in [-0.2, -0.15) is 4.99 Å². The molecule has 30 heavy (non-hydrogen) atoms. The molecule has 0 bridgehead atoms. The summed E-state index contributed by atoms with van der Waals surface area (Å²) in [7, 11) is 1.58. The van der Waals surface area contributed by atoms with Crippen LogP contribution in [-0.2, 0) is 4.74 Å². The van der Waals surface area contributed by atoms with Gasteiger partial charge in [0.1, 0.15) is 11.6 Å². The van der Waals surface area contributed by atoms with Crippen molar-refractivity contribution in [2.75, 3.05) is 19.0 Å². The molecule has 1 heterocycles. The zero-order valence-corrected chi connectivity index (χ0v) is 18.2. The average Bonchev–Trinajstić information content (AvgIpc) is 3.16. The molecule has 0 radical (unpaired) electrons. The van der Waals surface area contributed by atoms with Gasteiger partial charge in [0.25, 0.3) is 0 Å². The first-order valence-corrected chi connectivity index (χ1v) is 9.87. The number of benzene rings is 2. The summed E-state index contributed by atoms with van der Waals surface area (Å²) >= 11 is 11.3. The van der Waals surface area contributed by atoms with Gasteiger partial charge in [0.2, 0.25) is 11.0 Å². The summed E-state index contributed by atoms with van der Waals surface area (Å²) in [6, 6.07) is 9.85. The van der Waals surface area contributed by atoms with Crippen molar-refractivity contribution in [2.45, 2.75) is 13.8 Å². The number of anilines is 1. The number of methoxy groups -OCH3 is 1. The van der Waals surface area contributed by atoms with E-state index in [1.807, 2.05) is 36.7 Å². The molecule has 9 heteroatoms. The van der Waals surface area contributed by atoms with Crippen molar-refractivity contribution in [1.82, 2.24) is 9.55 Å². The summed E-state index contributed by atoms with van der Waals surface area (Å²) < 4.78 is 27.1. The highest BCUT2D eigenvalue weighted by Gasteiger charge is 2.14. The average molecular weight is 447 g/mol. The molecular weight excluding hydrogens is 427 g/mol. The van der Waals surface area contributed by atoms with Crippen LogP contribution in [0.25, 0.3) is 5.69 Å². The molecule has 6 nitrogen and oxygen atoms in total. The van der Waals surface area contributed by atoms with Gasteiger partial charge in [0.05, 0.1) is 42.1 Å². The molecule has 0 aliphatic heterocycles. The number of aryl methyl sites for hydroxylation is 1. The number of hydrogen-bond acceptors (Lipinski definition) is 4. The molecule has 1 N–H and O–H groups in total. The maximum Gasteiger partial charge on any atom is 0.223 e. The summed E-state index contributed by atoms with van der Waals surface area (Å²) in [5.74, 6) is 0.349. The smallest absolute Gasteiger partial charge is 0.223 e. The van der Waals surface area contributed by atoms with Crippen LogP contribution in [0.1, 0.15) is 18.2 Å².